The SMILES string of the molecule is CCN(/N=C/c1cccnc1)c1cc(=O)n(C)c(=O)[nH]1. The molecule has 7 nitrogen and oxygen atoms in total. The van der Waals surface area contributed by atoms with Crippen LogP contribution in [0.2, 0.25) is 0 Å². The van der Waals surface area contributed by atoms with Crippen molar-refractivity contribution in [2.24, 2.45) is 12.1 Å². The maximum Gasteiger partial charge on any atom is 0.329 e. The molecule has 0 radical (unpaired) electrons. The number of hydrogen-bond donors (Lipinski definition) is 1. The van der Waals surface area contributed by atoms with Crippen LogP contribution in [0, 0.1) is 0 Å². The van der Waals surface area contributed by atoms with Gasteiger partial charge in [-0.1, -0.05) is 6.07 Å². The molecular formula is C13H15N5O2. The number of aromatic nitrogens is 3. The first kappa shape index (κ1) is 13.7. The summed E-state index contributed by atoms with van der Waals surface area (Å²) >= 11 is 0. The predicted molar refractivity (Wildman–Crippen MR) is 77.2 cm³/mol. The molecule has 0 bridgehead atoms. The van der Waals surface area contributed by atoms with E-state index in [1.165, 1.54) is 18.1 Å². The Balaban J connectivity index is 2.32. The first-order chi connectivity index (χ1) is 9.61. The van der Waals surface area contributed by atoms with Gasteiger partial charge in [0.2, 0.25) is 0 Å². The summed E-state index contributed by atoms with van der Waals surface area (Å²) in [4.78, 5) is 29.8. The molecule has 0 atom stereocenters. The average Bonchev–Trinajstić information content (AvgIpc) is 2.46. The van der Waals surface area contributed by atoms with Crippen LogP contribution in [0.25, 0.3) is 0 Å². The van der Waals surface area contributed by atoms with Gasteiger partial charge in [0.15, 0.2) is 0 Å². The van der Waals surface area contributed by atoms with E-state index in [4.69, 9.17) is 0 Å². The van der Waals surface area contributed by atoms with Gasteiger partial charge in [-0.05, 0) is 13.0 Å². The Hall–Kier alpha value is -2.70. The summed E-state index contributed by atoms with van der Waals surface area (Å²) in [6.45, 7) is 2.39. The molecule has 0 amide bonds. The van der Waals surface area contributed by atoms with Crippen molar-refractivity contribution in [3.8, 4) is 0 Å². The zero-order valence-electron chi connectivity index (χ0n) is 11.3. The standard InChI is InChI=1S/C13H15N5O2/c1-3-18(15-9-10-5-4-6-14-8-10)11-7-12(19)17(2)13(20)16-11/h4-9H,3H2,1-2H3,(H,16,20)/b15-9+. The van der Waals surface area contributed by atoms with E-state index >= 15 is 0 Å². The molecule has 0 fully saturated rings. The highest BCUT2D eigenvalue weighted by Crippen LogP contribution is 2.05. The molecule has 20 heavy (non-hydrogen) atoms. The molecule has 1 N–H and O–H groups in total. The third-order valence-corrected chi connectivity index (χ3v) is 2.74. The Bertz CT molecular complexity index is 686. The highest BCUT2D eigenvalue weighted by molar-refractivity contribution is 5.79. The predicted octanol–water partition coefficient (Wildman–Crippen LogP) is 0.329. The summed E-state index contributed by atoms with van der Waals surface area (Å²) in [6, 6.07) is 5.00. The van der Waals surface area contributed by atoms with E-state index in [1.807, 2.05) is 13.0 Å². The third kappa shape index (κ3) is 3.00. The van der Waals surface area contributed by atoms with Crippen LogP contribution in [0.5, 0.6) is 0 Å². The molecule has 7 heteroatoms. The molecule has 0 aliphatic rings. The number of nitrogens with one attached hydrogen (secondary N) is 1. The van der Waals surface area contributed by atoms with Gasteiger partial charge in [0.05, 0.1) is 6.21 Å². The van der Waals surface area contributed by atoms with Crippen LogP contribution >= 0.6 is 0 Å². The molecule has 0 aromatic carbocycles. The third-order valence-electron chi connectivity index (χ3n) is 2.74. The van der Waals surface area contributed by atoms with Gasteiger partial charge in [-0.2, -0.15) is 5.10 Å². The van der Waals surface area contributed by atoms with Gasteiger partial charge < -0.3 is 0 Å². The monoisotopic (exact) mass is 273 g/mol. The molecule has 0 saturated carbocycles. The number of hydrogen-bond acceptors (Lipinski definition) is 5. The quantitative estimate of drug-likeness (QED) is 0.642. The topological polar surface area (TPSA) is 83.3 Å². The van der Waals surface area contributed by atoms with Gasteiger partial charge in [-0.3, -0.25) is 19.3 Å². The molecule has 0 unspecified atom stereocenters. The van der Waals surface area contributed by atoms with Gasteiger partial charge in [-0.25, -0.2) is 9.80 Å². The molecule has 104 valence electrons. The second kappa shape index (κ2) is 5.96. The largest absolute Gasteiger partial charge is 0.329 e. The second-order valence-electron chi connectivity index (χ2n) is 4.10. The Morgan fingerprint density at radius 1 is 1.50 bits per heavy atom. The fourth-order valence-electron chi connectivity index (χ4n) is 1.59. The van der Waals surface area contributed by atoms with Gasteiger partial charge >= 0.3 is 5.69 Å². The number of rotatable bonds is 4. The van der Waals surface area contributed by atoms with Crippen molar-refractivity contribution < 1.29 is 0 Å². The van der Waals surface area contributed by atoms with Crippen LogP contribution in [0.3, 0.4) is 0 Å². The van der Waals surface area contributed by atoms with Crippen LogP contribution in [-0.2, 0) is 7.05 Å². The normalized spacial score (nSPS) is 10.9. The van der Waals surface area contributed by atoms with E-state index in [9.17, 15) is 9.59 Å². The van der Waals surface area contributed by atoms with Crippen molar-refractivity contribution in [1.82, 2.24) is 14.5 Å². The molecular weight excluding hydrogens is 258 g/mol. The van der Waals surface area contributed by atoms with Crippen molar-refractivity contribution in [1.29, 1.82) is 0 Å². The number of pyridine rings is 1. The van der Waals surface area contributed by atoms with Crippen molar-refractivity contribution in [3.63, 3.8) is 0 Å². The van der Waals surface area contributed by atoms with Crippen molar-refractivity contribution in [2.75, 3.05) is 11.6 Å². The highest BCUT2D eigenvalue weighted by atomic mass is 16.2. The summed E-state index contributed by atoms with van der Waals surface area (Å²) in [7, 11) is 1.42. The molecule has 2 rings (SSSR count). The van der Waals surface area contributed by atoms with Crippen molar-refractivity contribution >= 4 is 12.0 Å². The van der Waals surface area contributed by atoms with Gasteiger partial charge in [0.1, 0.15) is 5.82 Å². The van der Waals surface area contributed by atoms with Gasteiger partial charge in [-0.15, -0.1) is 0 Å². The smallest absolute Gasteiger partial charge is 0.292 e. The number of hydrazone groups is 1. The first-order valence-corrected chi connectivity index (χ1v) is 6.13. The summed E-state index contributed by atoms with van der Waals surface area (Å²) in [5, 5.41) is 5.78. The lowest BCUT2D eigenvalue weighted by atomic mass is 10.3. The lowest BCUT2D eigenvalue weighted by molar-refractivity contribution is 0.756. The number of H-pyrrole nitrogens is 1. The summed E-state index contributed by atoms with van der Waals surface area (Å²) in [6.07, 6.45) is 4.96. The molecule has 0 saturated heterocycles. The van der Waals surface area contributed by atoms with E-state index in [0.717, 1.165) is 10.1 Å². The van der Waals surface area contributed by atoms with E-state index in [-0.39, 0.29) is 5.56 Å². The summed E-state index contributed by atoms with van der Waals surface area (Å²) < 4.78 is 1.00. The van der Waals surface area contributed by atoms with Crippen molar-refractivity contribution in [3.05, 3.63) is 57.0 Å². The van der Waals surface area contributed by atoms with E-state index in [1.54, 1.807) is 24.7 Å². The lowest BCUT2D eigenvalue weighted by Gasteiger charge is -2.16. The van der Waals surface area contributed by atoms with Crippen LogP contribution in [0.15, 0.2) is 45.3 Å². The summed E-state index contributed by atoms with van der Waals surface area (Å²) in [5.41, 5.74) is -0.0153. The Morgan fingerprint density at radius 2 is 2.30 bits per heavy atom. The highest BCUT2D eigenvalue weighted by Gasteiger charge is 2.06. The van der Waals surface area contributed by atoms with E-state index in [2.05, 4.69) is 15.1 Å². The second-order valence-corrected chi connectivity index (χ2v) is 4.10. The van der Waals surface area contributed by atoms with Crippen LogP contribution < -0.4 is 16.3 Å². The number of aromatic amines is 1. The van der Waals surface area contributed by atoms with Crippen LogP contribution in [0.4, 0.5) is 5.82 Å². The van der Waals surface area contributed by atoms with E-state index < -0.39 is 5.69 Å². The zero-order chi connectivity index (χ0) is 14.5. The van der Waals surface area contributed by atoms with Crippen LogP contribution in [-0.4, -0.2) is 27.3 Å². The van der Waals surface area contributed by atoms with Crippen molar-refractivity contribution in [2.45, 2.75) is 6.92 Å². The molecule has 0 spiro atoms. The molecule has 0 aliphatic carbocycles. The minimum absolute atomic E-state index is 0.362. The Labute approximate surface area is 115 Å². The minimum atomic E-state index is -0.470. The Morgan fingerprint density at radius 3 is 2.90 bits per heavy atom. The average molecular weight is 273 g/mol. The maximum absolute atomic E-state index is 11.6. The van der Waals surface area contributed by atoms with E-state index in [0.29, 0.717) is 12.4 Å². The number of anilines is 1. The maximum atomic E-state index is 11.6. The molecule has 2 aromatic rings. The Kier molecular flexibility index (Phi) is 4.09. The van der Waals surface area contributed by atoms with Gasteiger partial charge in [0.25, 0.3) is 5.56 Å². The molecule has 2 aromatic heterocycles. The lowest BCUT2D eigenvalue weighted by Crippen LogP contribution is -2.34. The zero-order valence-corrected chi connectivity index (χ0v) is 11.3. The van der Waals surface area contributed by atoms with Crippen LogP contribution in [0.1, 0.15) is 12.5 Å². The molecule has 0 aliphatic heterocycles. The fourth-order valence-corrected chi connectivity index (χ4v) is 1.59. The fraction of sp³-hybridized carbons (Fsp3) is 0.231. The number of nitrogens with zero attached hydrogens (tertiary/aromatic N) is 4. The summed E-state index contributed by atoms with van der Waals surface area (Å²) in [5.74, 6) is 0.362. The minimum Gasteiger partial charge on any atom is -0.292 e. The first-order valence-electron chi connectivity index (χ1n) is 6.13. The molecule has 2 heterocycles. The van der Waals surface area contributed by atoms with Gasteiger partial charge in [0, 0.05) is 37.6 Å².